The van der Waals surface area contributed by atoms with Crippen LogP contribution in [0.2, 0.25) is 0 Å². The van der Waals surface area contributed by atoms with Crippen molar-refractivity contribution in [3.8, 4) is 11.5 Å². The number of phenols is 1. The molecule has 1 aliphatic carbocycles. The van der Waals surface area contributed by atoms with Gasteiger partial charge in [0, 0.05) is 17.4 Å². The minimum absolute atomic E-state index is 0.170. The molecule has 1 heterocycles. The molecule has 3 rings (SSSR count). The summed E-state index contributed by atoms with van der Waals surface area (Å²) in [5.74, 6) is 1.98. The minimum Gasteiger partial charge on any atom is -0.507 e. The number of aromatic hydroxyl groups is 1. The van der Waals surface area contributed by atoms with Gasteiger partial charge in [0.1, 0.15) is 17.1 Å². The number of unbranched alkanes of at least 4 members (excludes halogenated alkanes) is 2. The van der Waals surface area contributed by atoms with Crippen LogP contribution in [-0.4, -0.2) is 30.3 Å². The lowest BCUT2D eigenvalue weighted by Crippen LogP contribution is -3.11. The van der Waals surface area contributed by atoms with Gasteiger partial charge in [0.15, 0.2) is 0 Å². The summed E-state index contributed by atoms with van der Waals surface area (Å²) in [7, 11) is 0. The van der Waals surface area contributed by atoms with Gasteiger partial charge < -0.3 is 14.7 Å². The van der Waals surface area contributed by atoms with Gasteiger partial charge in [0.05, 0.1) is 19.6 Å². The Morgan fingerprint density at radius 1 is 1.00 bits per heavy atom. The molecular weight excluding hydrogens is 382 g/mol. The van der Waals surface area contributed by atoms with E-state index in [9.17, 15) is 5.11 Å². The third-order valence-electron chi connectivity index (χ3n) is 6.93. The zero-order valence-electron chi connectivity index (χ0n) is 21.9. The molecular formula is C28H50NO2+. The standard InChI is InChI=1S/C17H22O2.C6H15N.C5H12/c1-10-5-7-13-12(9-10)15-14(19-17(13,3)4)8-6-11(2)16(15)18;1-4-7(5-2)6-3;1-3-5-4-2/h6,8-9,12-13,18H,5,7H2,1-4H3;4-6H2,1-3H3;3-5H2,1-2H3/p+1/t12-,13-;;/m1../s1. The zero-order chi connectivity index (χ0) is 23.6. The first-order chi connectivity index (χ1) is 14.7. The monoisotopic (exact) mass is 432 g/mol. The molecule has 0 aromatic heterocycles. The lowest BCUT2D eigenvalue weighted by Gasteiger charge is -2.46. The predicted molar refractivity (Wildman–Crippen MR) is 135 cm³/mol. The summed E-state index contributed by atoms with van der Waals surface area (Å²) >= 11 is 0. The van der Waals surface area contributed by atoms with E-state index in [1.54, 1.807) is 4.90 Å². The third-order valence-corrected chi connectivity index (χ3v) is 6.93. The Labute approximate surface area is 192 Å². The molecule has 0 spiro atoms. The van der Waals surface area contributed by atoms with E-state index in [-0.39, 0.29) is 11.5 Å². The average Bonchev–Trinajstić information content (AvgIpc) is 2.73. The van der Waals surface area contributed by atoms with Gasteiger partial charge in [-0.05, 0) is 72.9 Å². The molecule has 2 aliphatic rings. The number of allylic oxidation sites excluding steroid dienone is 2. The number of rotatable bonds is 5. The number of hydrogen-bond donors (Lipinski definition) is 2. The maximum absolute atomic E-state index is 10.4. The molecule has 31 heavy (non-hydrogen) atoms. The molecule has 0 radical (unpaired) electrons. The van der Waals surface area contributed by atoms with Crippen LogP contribution in [0.15, 0.2) is 23.8 Å². The number of quaternary nitrogens is 1. The van der Waals surface area contributed by atoms with Crippen molar-refractivity contribution in [2.45, 2.75) is 106 Å². The molecule has 3 nitrogen and oxygen atoms in total. The van der Waals surface area contributed by atoms with E-state index >= 15 is 0 Å². The number of fused-ring (bicyclic) bond motifs is 3. The van der Waals surface area contributed by atoms with Gasteiger partial charge in [-0.15, -0.1) is 0 Å². The van der Waals surface area contributed by atoms with Crippen LogP contribution in [-0.2, 0) is 0 Å². The highest BCUT2D eigenvalue weighted by Gasteiger charge is 2.45. The number of aryl methyl sites for hydroxylation is 1. The number of hydrogen-bond acceptors (Lipinski definition) is 2. The van der Waals surface area contributed by atoms with Crippen molar-refractivity contribution in [3.05, 3.63) is 34.9 Å². The molecule has 1 aromatic rings. The van der Waals surface area contributed by atoms with Crippen molar-refractivity contribution in [2.75, 3.05) is 19.6 Å². The molecule has 0 saturated carbocycles. The smallest absolute Gasteiger partial charge is 0.127 e. The fraction of sp³-hybridized carbons (Fsp3) is 0.714. The molecule has 0 amide bonds. The highest BCUT2D eigenvalue weighted by Crippen LogP contribution is 2.53. The highest BCUT2D eigenvalue weighted by molar-refractivity contribution is 5.54. The summed E-state index contributed by atoms with van der Waals surface area (Å²) in [6.45, 7) is 23.4. The van der Waals surface area contributed by atoms with E-state index < -0.39 is 0 Å². The van der Waals surface area contributed by atoms with E-state index in [0.29, 0.717) is 11.7 Å². The Hall–Kier alpha value is -1.48. The van der Waals surface area contributed by atoms with Gasteiger partial charge in [0.25, 0.3) is 0 Å². The van der Waals surface area contributed by atoms with Crippen LogP contribution < -0.4 is 9.64 Å². The van der Waals surface area contributed by atoms with Gasteiger partial charge in [-0.25, -0.2) is 0 Å². The first-order valence-corrected chi connectivity index (χ1v) is 12.7. The maximum Gasteiger partial charge on any atom is 0.127 e. The molecule has 0 bridgehead atoms. The lowest BCUT2D eigenvalue weighted by atomic mass is 9.68. The summed E-state index contributed by atoms with van der Waals surface area (Å²) in [5, 5.41) is 10.4. The molecule has 1 aromatic carbocycles. The van der Waals surface area contributed by atoms with Gasteiger partial charge >= 0.3 is 0 Å². The molecule has 0 fully saturated rings. The van der Waals surface area contributed by atoms with Gasteiger partial charge in [-0.1, -0.05) is 50.8 Å². The Morgan fingerprint density at radius 3 is 2.03 bits per heavy atom. The fourth-order valence-electron chi connectivity index (χ4n) is 4.71. The highest BCUT2D eigenvalue weighted by atomic mass is 16.5. The van der Waals surface area contributed by atoms with E-state index in [2.05, 4.69) is 61.5 Å². The van der Waals surface area contributed by atoms with Crippen LogP contribution in [0.5, 0.6) is 11.5 Å². The second kappa shape index (κ2) is 13.2. The van der Waals surface area contributed by atoms with Crippen molar-refractivity contribution in [1.82, 2.24) is 0 Å². The Morgan fingerprint density at radius 2 is 1.58 bits per heavy atom. The zero-order valence-corrected chi connectivity index (χ0v) is 21.9. The largest absolute Gasteiger partial charge is 0.507 e. The van der Waals surface area contributed by atoms with Crippen LogP contribution in [0.3, 0.4) is 0 Å². The van der Waals surface area contributed by atoms with E-state index in [1.807, 2.05) is 19.1 Å². The average molecular weight is 433 g/mol. The van der Waals surface area contributed by atoms with Crippen LogP contribution >= 0.6 is 0 Å². The minimum atomic E-state index is -0.170. The third kappa shape index (κ3) is 7.56. The molecule has 2 atom stereocenters. The van der Waals surface area contributed by atoms with Crippen LogP contribution in [0.25, 0.3) is 0 Å². The normalized spacial score (nSPS) is 20.8. The summed E-state index contributed by atoms with van der Waals surface area (Å²) in [5.41, 5.74) is 3.17. The summed E-state index contributed by atoms with van der Waals surface area (Å²) in [4.78, 5) is 1.68. The van der Waals surface area contributed by atoms with Crippen molar-refractivity contribution in [3.63, 3.8) is 0 Å². The number of phenolic OH excluding ortho intramolecular Hbond substituents is 1. The first kappa shape index (κ1) is 27.6. The molecule has 178 valence electrons. The molecule has 0 unspecified atom stereocenters. The summed E-state index contributed by atoms with van der Waals surface area (Å²) < 4.78 is 6.17. The molecule has 2 N–H and O–H groups in total. The quantitative estimate of drug-likeness (QED) is 0.525. The van der Waals surface area contributed by atoms with Crippen molar-refractivity contribution in [1.29, 1.82) is 0 Å². The van der Waals surface area contributed by atoms with E-state index in [1.165, 1.54) is 44.5 Å². The predicted octanol–water partition coefficient (Wildman–Crippen LogP) is 6.44. The van der Waals surface area contributed by atoms with E-state index in [0.717, 1.165) is 29.7 Å². The Bertz CT molecular complexity index is 681. The van der Waals surface area contributed by atoms with Gasteiger partial charge in [0.2, 0.25) is 0 Å². The van der Waals surface area contributed by atoms with Gasteiger partial charge in [-0.3, -0.25) is 0 Å². The molecule has 1 aliphatic heterocycles. The summed E-state index contributed by atoms with van der Waals surface area (Å²) in [6.07, 6.45) is 8.67. The second-order valence-corrected chi connectivity index (χ2v) is 9.70. The van der Waals surface area contributed by atoms with Crippen LogP contribution in [0, 0.1) is 12.8 Å². The van der Waals surface area contributed by atoms with Crippen LogP contribution in [0.1, 0.15) is 105 Å². The topological polar surface area (TPSA) is 33.9 Å². The van der Waals surface area contributed by atoms with Crippen molar-refractivity contribution < 1.29 is 14.7 Å². The molecule has 0 saturated heterocycles. The van der Waals surface area contributed by atoms with Crippen LogP contribution in [0.4, 0.5) is 0 Å². The first-order valence-electron chi connectivity index (χ1n) is 12.7. The fourth-order valence-corrected chi connectivity index (χ4v) is 4.71. The van der Waals surface area contributed by atoms with Gasteiger partial charge in [-0.2, -0.15) is 0 Å². The second-order valence-electron chi connectivity index (χ2n) is 9.70. The Balaban J connectivity index is 0.000000334. The lowest BCUT2D eigenvalue weighted by molar-refractivity contribution is -0.894. The van der Waals surface area contributed by atoms with E-state index in [4.69, 9.17) is 4.74 Å². The SMILES string of the molecule is CC1=C[C@H]2c3c(ccc(C)c3O)OC(C)(C)[C@@H]2CC1.CCCCC.CC[NH+](CC)CC. The number of benzene rings is 1. The molecule has 3 heteroatoms. The summed E-state index contributed by atoms with van der Waals surface area (Å²) in [6, 6.07) is 3.93. The van der Waals surface area contributed by atoms with Crippen molar-refractivity contribution >= 4 is 0 Å². The number of ether oxygens (including phenoxy) is 1. The maximum atomic E-state index is 10.4. The Kier molecular flexibility index (Phi) is 11.7. The van der Waals surface area contributed by atoms with Crippen molar-refractivity contribution in [2.24, 2.45) is 5.92 Å². The number of nitrogens with one attached hydrogen (secondary N) is 1.